The fraction of sp³-hybridized carbons (Fsp3) is 0.455. The van der Waals surface area contributed by atoms with Crippen molar-refractivity contribution in [1.29, 1.82) is 0 Å². The zero-order valence-electron chi connectivity index (χ0n) is 25.0. The first-order valence-corrected chi connectivity index (χ1v) is 17.0. The number of ether oxygens (including phenoxy) is 1. The number of nitrogens with two attached hydrogens (primary N) is 1. The van der Waals surface area contributed by atoms with Crippen molar-refractivity contribution in [3.8, 4) is 17.1 Å². The van der Waals surface area contributed by atoms with E-state index in [0.29, 0.717) is 47.1 Å². The second-order valence-corrected chi connectivity index (χ2v) is 14.2. The molecule has 1 amide bonds. The topological polar surface area (TPSA) is 101 Å². The van der Waals surface area contributed by atoms with Crippen LogP contribution in [0.4, 0.5) is 15.3 Å². The van der Waals surface area contributed by atoms with Crippen molar-refractivity contribution in [1.82, 2.24) is 24.8 Å². The van der Waals surface area contributed by atoms with Crippen molar-refractivity contribution in [3.63, 3.8) is 0 Å². The monoisotopic (exact) mass is 647 g/mol. The Morgan fingerprint density at radius 2 is 1.93 bits per heavy atom. The first-order valence-electron chi connectivity index (χ1n) is 15.8. The third-order valence-corrected chi connectivity index (χ3v) is 11.5. The maximum Gasteiger partial charge on any atom is 0.319 e. The van der Waals surface area contributed by atoms with E-state index >= 15 is 4.39 Å². The van der Waals surface area contributed by atoms with Gasteiger partial charge in [0.15, 0.2) is 10.9 Å². The first-order chi connectivity index (χ1) is 21.8. The molecule has 0 saturated carbocycles. The lowest BCUT2D eigenvalue weighted by Crippen LogP contribution is -2.43. The Bertz CT molecular complexity index is 1840. The predicted molar refractivity (Wildman–Crippen MR) is 176 cm³/mol. The summed E-state index contributed by atoms with van der Waals surface area (Å²) in [6, 6.07) is 7.66. The SMILES string of the molecule is C=CC(=O)N1CCC2CCC(C1)N2c1nc(OCC23CCCN2CCC3)nc2c(F)c(-c3cccc4sc(N)nc34)c(Cl)cc12. The highest BCUT2D eigenvalue weighted by Gasteiger charge is 2.45. The lowest BCUT2D eigenvalue weighted by atomic mass is 9.95. The van der Waals surface area contributed by atoms with E-state index in [1.54, 1.807) is 6.07 Å². The van der Waals surface area contributed by atoms with Crippen molar-refractivity contribution in [2.75, 3.05) is 43.4 Å². The van der Waals surface area contributed by atoms with Crippen molar-refractivity contribution in [2.45, 2.75) is 62.6 Å². The van der Waals surface area contributed by atoms with Crippen LogP contribution in [0.2, 0.25) is 5.02 Å². The van der Waals surface area contributed by atoms with E-state index in [1.807, 2.05) is 23.1 Å². The van der Waals surface area contributed by atoms with Crippen LogP contribution in [0, 0.1) is 5.82 Å². The van der Waals surface area contributed by atoms with Crippen LogP contribution in [-0.4, -0.2) is 81.1 Å². The number of amides is 1. The van der Waals surface area contributed by atoms with Gasteiger partial charge in [-0.15, -0.1) is 0 Å². The molecule has 4 aliphatic rings. The van der Waals surface area contributed by atoms with E-state index in [0.717, 1.165) is 62.7 Å². The largest absolute Gasteiger partial charge is 0.461 e. The van der Waals surface area contributed by atoms with Gasteiger partial charge in [-0.2, -0.15) is 9.97 Å². The normalized spacial score (nSPS) is 22.7. The van der Waals surface area contributed by atoms with Gasteiger partial charge in [-0.25, -0.2) is 9.37 Å². The van der Waals surface area contributed by atoms with E-state index in [4.69, 9.17) is 32.0 Å². The molecule has 12 heteroatoms. The van der Waals surface area contributed by atoms with Crippen molar-refractivity contribution < 1.29 is 13.9 Å². The van der Waals surface area contributed by atoms with Crippen molar-refractivity contribution >= 4 is 60.9 Å². The number of aromatic nitrogens is 3. The van der Waals surface area contributed by atoms with Gasteiger partial charge in [-0.3, -0.25) is 9.69 Å². The second kappa shape index (κ2) is 11.1. The number of thiazole rings is 1. The number of nitrogens with zero attached hydrogens (tertiary/aromatic N) is 6. The summed E-state index contributed by atoms with van der Waals surface area (Å²) in [6.07, 6.45) is 8.45. The van der Waals surface area contributed by atoms with E-state index in [9.17, 15) is 4.79 Å². The van der Waals surface area contributed by atoms with Crippen LogP contribution < -0.4 is 15.4 Å². The summed E-state index contributed by atoms with van der Waals surface area (Å²) in [4.78, 5) is 33.5. The molecule has 2 unspecified atom stereocenters. The summed E-state index contributed by atoms with van der Waals surface area (Å²) in [5, 5.41) is 1.18. The van der Waals surface area contributed by atoms with Gasteiger partial charge in [-0.05, 0) is 76.2 Å². The summed E-state index contributed by atoms with van der Waals surface area (Å²) in [5.41, 5.74) is 7.57. The fourth-order valence-corrected chi connectivity index (χ4v) is 9.30. The molecule has 0 aliphatic carbocycles. The Morgan fingerprint density at radius 1 is 1.13 bits per heavy atom. The highest BCUT2D eigenvalue weighted by Crippen LogP contribution is 2.45. The Balaban J connectivity index is 1.27. The van der Waals surface area contributed by atoms with Gasteiger partial charge < -0.3 is 20.3 Å². The first kappa shape index (κ1) is 28.9. The third-order valence-electron chi connectivity index (χ3n) is 10.3. The molecule has 2 N–H and O–H groups in total. The zero-order valence-corrected chi connectivity index (χ0v) is 26.5. The summed E-state index contributed by atoms with van der Waals surface area (Å²) in [6.45, 7) is 7.49. The molecule has 0 spiro atoms. The van der Waals surface area contributed by atoms with Crippen molar-refractivity contribution in [2.24, 2.45) is 0 Å². The number of carbonyl (C=O) groups is 1. The molecule has 2 aromatic carbocycles. The smallest absolute Gasteiger partial charge is 0.319 e. The van der Waals surface area contributed by atoms with E-state index in [1.165, 1.54) is 17.4 Å². The quantitative estimate of drug-likeness (QED) is 0.253. The fourth-order valence-electron chi connectivity index (χ4n) is 8.24. The second-order valence-electron chi connectivity index (χ2n) is 12.8. The number of likely N-dealkylation sites (tertiary alicyclic amines) is 1. The molecule has 6 heterocycles. The van der Waals surface area contributed by atoms with Crippen LogP contribution in [0.1, 0.15) is 44.9 Å². The van der Waals surface area contributed by atoms with Gasteiger partial charge >= 0.3 is 6.01 Å². The Kier molecular flexibility index (Phi) is 7.11. The minimum absolute atomic E-state index is 0.0133. The Labute approximate surface area is 269 Å². The summed E-state index contributed by atoms with van der Waals surface area (Å²) in [7, 11) is 0. The van der Waals surface area contributed by atoms with Crippen molar-refractivity contribution in [3.05, 3.63) is 47.8 Å². The Morgan fingerprint density at radius 3 is 2.73 bits per heavy atom. The standard InChI is InChI=1S/C33H35ClFN7O2S/c1-2-25(43)40-15-10-19-8-9-20(17-40)42(19)30-22-16-23(34)26(21-6-3-7-24-28(21)37-31(36)45-24)27(35)29(22)38-32(39-30)44-18-33-11-4-13-41(33)14-5-12-33/h2-3,6-7,16,19-20H,1,4-5,8-15,17-18H2,(H2,36,37). The highest BCUT2D eigenvalue weighted by molar-refractivity contribution is 7.22. The summed E-state index contributed by atoms with van der Waals surface area (Å²) in [5.74, 6) is -0.0186. The molecular formula is C33H35ClFN7O2S. The number of nitrogen functional groups attached to an aromatic ring is 1. The predicted octanol–water partition coefficient (Wildman–Crippen LogP) is 6.04. The minimum atomic E-state index is -0.544. The van der Waals surface area contributed by atoms with Gasteiger partial charge in [-0.1, -0.05) is 41.6 Å². The average molecular weight is 648 g/mol. The lowest BCUT2D eigenvalue weighted by molar-refractivity contribution is -0.126. The molecule has 9 nitrogen and oxygen atoms in total. The van der Waals surface area contributed by atoms with E-state index < -0.39 is 5.82 Å². The maximum atomic E-state index is 17.0. The number of rotatable bonds is 6. The van der Waals surface area contributed by atoms with Crippen LogP contribution in [0.3, 0.4) is 0 Å². The molecule has 8 rings (SSSR count). The maximum absolute atomic E-state index is 17.0. The molecule has 2 bridgehead atoms. The van der Waals surface area contributed by atoms with Gasteiger partial charge in [0.2, 0.25) is 5.91 Å². The van der Waals surface area contributed by atoms with Crippen LogP contribution in [-0.2, 0) is 4.79 Å². The molecule has 4 fully saturated rings. The molecule has 2 atom stereocenters. The molecule has 4 saturated heterocycles. The van der Waals surface area contributed by atoms with Crippen LogP contribution in [0.5, 0.6) is 6.01 Å². The number of fused-ring (bicyclic) bond motifs is 5. The van der Waals surface area contributed by atoms with Gasteiger partial charge in [0.1, 0.15) is 17.9 Å². The van der Waals surface area contributed by atoms with E-state index in [-0.39, 0.29) is 45.6 Å². The van der Waals surface area contributed by atoms with Gasteiger partial charge in [0, 0.05) is 41.7 Å². The number of para-hydroxylation sites is 1. The average Bonchev–Trinajstić information content (AvgIpc) is 3.77. The van der Waals surface area contributed by atoms with Gasteiger partial charge in [0.05, 0.1) is 20.8 Å². The number of benzene rings is 2. The molecule has 45 heavy (non-hydrogen) atoms. The number of carbonyl (C=O) groups excluding carboxylic acids is 1. The van der Waals surface area contributed by atoms with Crippen LogP contribution >= 0.6 is 22.9 Å². The van der Waals surface area contributed by atoms with Gasteiger partial charge in [0.25, 0.3) is 0 Å². The summed E-state index contributed by atoms with van der Waals surface area (Å²) >= 11 is 8.29. The molecule has 2 aromatic heterocycles. The molecule has 4 aromatic rings. The third kappa shape index (κ3) is 4.73. The molecule has 0 radical (unpaired) electrons. The number of anilines is 2. The Hall–Kier alpha value is -3.54. The van der Waals surface area contributed by atoms with E-state index in [2.05, 4.69) is 21.4 Å². The zero-order chi connectivity index (χ0) is 30.9. The highest BCUT2D eigenvalue weighted by atomic mass is 35.5. The van der Waals surface area contributed by atoms with Crippen LogP contribution in [0.25, 0.3) is 32.2 Å². The molecule has 4 aliphatic heterocycles. The lowest BCUT2D eigenvalue weighted by Gasteiger charge is -2.32. The molecule has 234 valence electrons. The van der Waals surface area contributed by atoms with Crippen LogP contribution in [0.15, 0.2) is 36.9 Å². The minimum Gasteiger partial charge on any atom is -0.461 e. The number of halogens is 2. The summed E-state index contributed by atoms with van der Waals surface area (Å²) < 4.78 is 24.3. The number of hydrogen-bond donors (Lipinski definition) is 1. The molecular weight excluding hydrogens is 613 g/mol. The number of hydrogen-bond acceptors (Lipinski definition) is 9.